The molecule has 0 radical (unpaired) electrons. The van der Waals surface area contributed by atoms with E-state index in [9.17, 15) is 0 Å². The van der Waals surface area contributed by atoms with Gasteiger partial charge in [-0.3, -0.25) is 0 Å². The van der Waals surface area contributed by atoms with E-state index in [0.717, 1.165) is 42.7 Å². The summed E-state index contributed by atoms with van der Waals surface area (Å²) >= 11 is 0. The summed E-state index contributed by atoms with van der Waals surface area (Å²) in [6, 6.07) is 0.203. The van der Waals surface area contributed by atoms with Gasteiger partial charge in [-0.05, 0) is 61.7 Å². The van der Waals surface area contributed by atoms with Crippen molar-refractivity contribution in [2.24, 2.45) is 29.4 Å². The molecule has 1 atom stereocenters. The molecule has 5 aliphatic rings. The average Bonchev–Trinajstić information content (AvgIpc) is 2.80. The van der Waals surface area contributed by atoms with Crippen LogP contribution < -0.4 is 11.1 Å². The van der Waals surface area contributed by atoms with Crippen LogP contribution in [0.3, 0.4) is 0 Å². The van der Waals surface area contributed by atoms with Gasteiger partial charge in [-0.2, -0.15) is 5.10 Å². The average molecular weight is 272 g/mol. The van der Waals surface area contributed by atoms with Gasteiger partial charge in [0.25, 0.3) is 0 Å². The van der Waals surface area contributed by atoms with E-state index < -0.39 is 0 Å². The standard InChI is InChI=1S/C16H24N4/c17-13-6-18-16-14(7-19-20(16)8-13)15-11-2-9-1-10(4-11)5-12(15)3-9/h7,9-13,15,18H,1-6,8,17H2. The lowest BCUT2D eigenvalue weighted by molar-refractivity contribution is -0.00260. The van der Waals surface area contributed by atoms with Gasteiger partial charge in [0.1, 0.15) is 5.82 Å². The van der Waals surface area contributed by atoms with Gasteiger partial charge in [0.2, 0.25) is 0 Å². The Morgan fingerprint density at radius 2 is 1.80 bits per heavy atom. The number of anilines is 1. The maximum Gasteiger partial charge on any atom is 0.127 e. The Kier molecular flexibility index (Phi) is 2.32. The van der Waals surface area contributed by atoms with Gasteiger partial charge in [-0.15, -0.1) is 0 Å². The molecule has 1 aromatic heterocycles. The minimum Gasteiger partial charge on any atom is -0.368 e. The first-order valence-corrected chi connectivity index (χ1v) is 8.33. The van der Waals surface area contributed by atoms with Gasteiger partial charge in [-0.25, -0.2) is 4.68 Å². The second kappa shape index (κ2) is 4.00. The predicted molar refractivity (Wildman–Crippen MR) is 78.5 cm³/mol. The molecule has 4 fully saturated rings. The van der Waals surface area contributed by atoms with Crippen molar-refractivity contribution >= 4 is 5.82 Å². The van der Waals surface area contributed by atoms with Crippen molar-refractivity contribution in [3.05, 3.63) is 11.8 Å². The van der Waals surface area contributed by atoms with Crippen molar-refractivity contribution in [2.75, 3.05) is 11.9 Å². The van der Waals surface area contributed by atoms with Crippen LogP contribution in [0.1, 0.15) is 43.6 Å². The van der Waals surface area contributed by atoms with Crippen LogP contribution in [-0.2, 0) is 6.54 Å². The second-order valence-electron chi connectivity index (χ2n) is 7.73. The van der Waals surface area contributed by atoms with Crippen LogP contribution in [0.5, 0.6) is 0 Å². The Bertz CT molecular complexity index is 507. The molecule has 20 heavy (non-hydrogen) atoms. The Morgan fingerprint density at radius 3 is 2.50 bits per heavy atom. The van der Waals surface area contributed by atoms with Crippen LogP contribution in [0.4, 0.5) is 5.82 Å². The van der Waals surface area contributed by atoms with E-state index in [1.165, 1.54) is 43.5 Å². The van der Waals surface area contributed by atoms with Crippen molar-refractivity contribution in [3.8, 4) is 0 Å². The van der Waals surface area contributed by atoms with Crippen LogP contribution in [0.2, 0.25) is 0 Å². The van der Waals surface area contributed by atoms with E-state index in [0.29, 0.717) is 0 Å². The third kappa shape index (κ3) is 1.54. The van der Waals surface area contributed by atoms with Crippen molar-refractivity contribution in [1.82, 2.24) is 9.78 Å². The van der Waals surface area contributed by atoms with Crippen molar-refractivity contribution in [1.29, 1.82) is 0 Å². The first kappa shape index (κ1) is 11.6. The molecule has 4 aliphatic carbocycles. The highest BCUT2D eigenvalue weighted by molar-refractivity contribution is 5.48. The Hall–Kier alpha value is -1.03. The molecule has 2 heterocycles. The highest BCUT2D eigenvalue weighted by Gasteiger charge is 2.49. The number of nitrogens with two attached hydrogens (primary N) is 1. The summed E-state index contributed by atoms with van der Waals surface area (Å²) in [5.41, 5.74) is 7.54. The maximum atomic E-state index is 6.03. The van der Waals surface area contributed by atoms with Crippen LogP contribution in [-0.4, -0.2) is 22.4 Å². The summed E-state index contributed by atoms with van der Waals surface area (Å²) in [5, 5.41) is 8.16. The summed E-state index contributed by atoms with van der Waals surface area (Å²) in [4.78, 5) is 0. The fourth-order valence-electron chi connectivity index (χ4n) is 5.92. The number of nitrogens with zero attached hydrogens (tertiary/aromatic N) is 2. The van der Waals surface area contributed by atoms with Gasteiger partial charge in [0.15, 0.2) is 0 Å². The molecule has 4 saturated carbocycles. The first-order valence-electron chi connectivity index (χ1n) is 8.33. The van der Waals surface area contributed by atoms with E-state index in [4.69, 9.17) is 5.73 Å². The van der Waals surface area contributed by atoms with Crippen molar-refractivity contribution in [2.45, 2.75) is 50.6 Å². The molecule has 4 bridgehead atoms. The summed E-state index contributed by atoms with van der Waals surface area (Å²) in [7, 11) is 0. The molecule has 1 aromatic rings. The molecule has 6 rings (SSSR count). The van der Waals surface area contributed by atoms with E-state index in [1.54, 1.807) is 0 Å². The SMILES string of the molecule is NC1CNc2c(C3C4CC5CC(C4)CC3C5)cnn2C1. The summed E-state index contributed by atoms with van der Waals surface area (Å²) in [6.45, 7) is 1.77. The lowest BCUT2D eigenvalue weighted by atomic mass is 9.51. The Balaban J connectivity index is 1.51. The summed E-state index contributed by atoms with van der Waals surface area (Å²) < 4.78 is 2.11. The van der Waals surface area contributed by atoms with E-state index >= 15 is 0 Å². The molecule has 0 aromatic carbocycles. The smallest absolute Gasteiger partial charge is 0.127 e. The quantitative estimate of drug-likeness (QED) is 0.824. The number of hydrogen-bond acceptors (Lipinski definition) is 3. The van der Waals surface area contributed by atoms with Crippen LogP contribution in [0, 0.1) is 23.7 Å². The van der Waals surface area contributed by atoms with Crippen LogP contribution in [0.15, 0.2) is 6.20 Å². The topological polar surface area (TPSA) is 55.9 Å². The minimum atomic E-state index is 0.203. The zero-order chi connectivity index (χ0) is 13.3. The molecule has 108 valence electrons. The van der Waals surface area contributed by atoms with Crippen LogP contribution in [0.25, 0.3) is 0 Å². The third-order valence-electron chi connectivity index (χ3n) is 6.39. The number of aromatic nitrogens is 2. The molecular formula is C16H24N4. The van der Waals surface area contributed by atoms with Crippen LogP contribution >= 0.6 is 0 Å². The minimum absolute atomic E-state index is 0.203. The van der Waals surface area contributed by atoms with Gasteiger partial charge < -0.3 is 11.1 Å². The number of rotatable bonds is 1. The van der Waals surface area contributed by atoms with E-state index in [2.05, 4.69) is 21.3 Å². The highest BCUT2D eigenvalue weighted by Crippen LogP contribution is 2.60. The largest absolute Gasteiger partial charge is 0.368 e. The lowest BCUT2D eigenvalue weighted by Crippen LogP contribution is -2.44. The van der Waals surface area contributed by atoms with Gasteiger partial charge in [0, 0.05) is 18.2 Å². The first-order chi connectivity index (χ1) is 9.78. The molecule has 0 saturated heterocycles. The number of nitrogens with one attached hydrogen (secondary N) is 1. The van der Waals surface area contributed by atoms with Gasteiger partial charge in [0.05, 0.1) is 12.7 Å². The molecule has 0 spiro atoms. The number of hydrogen-bond donors (Lipinski definition) is 2. The Morgan fingerprint density at radius 1 is 1.10 bits per heavy atom. The molecule has 1 aliphatic heterocycles. The van der Waals surface area contributed by atoms with E-state index in [1.807, 2.05) is 0 Å². The maximum absolute atomic E-state index is 6.03. The second-order valence-corrected chi connectivity index (χ2v) is 7.73. The van der Waals surface area contributed by atoms with Crippen molar-refractivity contribution in [3.63, 3.8) is 0 Å². The predicted octanol–water partition coefficient (Wildman–Crippen LogP) is 2.18. The highest BCUT2D eigenvalue weighted by atomic mass is 15.3. The summed E-state index contributed by atoms with van der Waals surface area (Å²) in [6.07, 6.45) is 9.57. The zero-order valence-electron chi connectivity index (χ0n) is 12.0. The summed E-state index contributed by atoms with van der Waals surface area (Å²) in [5.74, 6) is 6.00. The monoisotopic (exact) mass is 272 g/mol. The Labute approximate surface area is 120 Å². The van der Waals surface area contributed by atoms with Gasteiger partial charge >= 0.3 is 0 Å². The number of fused-ring (bicyclic) bond motifs is 1. The van der Waals surface area contributed by atoms with Gasteiger partial charge in [-0.1, -0.05) is 0 Å². The third-order valence-corrected chi connectivity index (χ3v) is 6.39. The lowest BCUT2D eigenvalue weighted by Gasteiger charge is -2.54. The fourth-order valence-corrected chi connectivity index (χ4v) is 5.92. The van der Waals surface area contributed by atoms with Crippen molar-refractivity contribution < 1.29 is 0 Å². The molecule has 0 amide bonds. The molecule has 1 unspecified atom stereocenters. The van der Waals surface area contributed by atoms with E-state index in [-0.39, 0.29) is 6.04 Å². The molecule has 4 heteroatoms. The molecule has 4 nitrogen and oxygen atoms in total. The molecular weight excluding hydrogens is 248 g/mol. The fraction of sp³-hybridized carbons (Fsp3) is 0.812. The normalized spacial score (nSPS) is 45.2. The molecule has 3 N–H and O–H groups in total. The zero-order valence-corrected chi connectivity index (χ0v) is 12.0.